The van der Waals surface area contributed by atoms with Crippen LogP contribution in [0.3, 0.4) is 0 Å². The molecule has 0 aliphatic heterocycles. The van der Waals surface area contributed by atoms with Crippen molar-refractivity contribution in [2.24, 2.45) is 0 Å². The van der Waals surface area contributed by atoms with Gasteiger partial charge in [0.2, 0.25) is 0 Å². The molecular formula is C24H22Cl4N2. The van der Waals surface area contributed by atoms with E-state index in [9.17, 15) is 0 Å². The standard InChI is InChI=1S/C24H21Cl3N2.ClH/c25-20-10-9-17(23(27)13-20)11-12-28-14-19-16-29(24-8-4-2-6-21(19)24)15-18-5-1-3-7-22(18)26;/h1-10,13,16,28H,11-12,14-15H2;1H. The van der Waals surface area contributed by atoms with Gasteiger partial charge in [-0.15, -0.1) is 12.4 Å². The van der Waals surface area contributed by atoms with Gasteiger partial charge >= 0.3 is 0 Å². The molecule has 0 radical (unpaired) electrons. The monoisotopic (exact) mass is 478 g/mol. The largest absolute Gasteiger partial charge is 0.343 e. The van der Waals surface area contributed by atoms with Crippen molar-refractivity contribution >= 4 is 58.1 Å². The first-order chi connectivity index (χ1) is 14.1. The van der Waals surface area contributed by atoms with Crippen LogP contribution in [0.2, 0.25) is 15.1 Å². The van der Waals surface area contributed by atoms with Crippen LogP contribution in [0.1, 0.15) is 16.7 Å². The summed E-state index contributed by atoms with van der Waals surface area (Å²) < 4.78 is 2.27. The molecule has 0 bridgehead atoms. The first kappa shape index (κ1) is 23.0. The SMILES string of the molecule is Cl.Clc1ccc(CCNCc2cn(Cc3ccccc3Cl)c3ccccc23)c(Cl)c1. The number of hydrogen-bond acceptors (Lipinski definition) is 1. The van der Waals surface area contributed by atoms with Crippen molar-refractivity contribution < 1.29 is 0 Å². The number of fused-ring (bicyclic) bond motifs is 1. The highest BCUT2D eigenvalue weighted by molar-refractivity contribution is 6.35. The quantitative estimate of drug-likeness (QED) is 0.273. The number of nitrogens with zero attached hydrogens (tertiary/aromatic N) is 1. The Hall–Kier alpha value is -1.68. The van der Waals surface area contributed by atoms with E-state index < -0.39 is 0 Å². The fourth-order valence-corrected chi connectivity index (χ4v) is 4.27. The Kier molecular flexibility index (Phi) is 8.10. The number of benzene rings is 3. The van der Waals surface area contributed by atoms with Crippen LogP contribution in [0.4, 0.5) is 0 Å². The predicted molar refractivity (Wildman–Crippen MR) is 132 cm³/mol. The van der Waals surface area contributed by atoms with E-state index in [1.807, 2.05) is 30.3 Å². The van der Waals surface area contributed by atoms with Crippen LogP contribution in [0, 0.1) is 0 Å². The zero-order chi connectivity index (χ0) is 20.2. The summed E-state index contributed by atoms with van der Waals surface area (Å²) in [6, 6.07) is 22.1. The molecule has 3 aromatic carbocycles. The summed E-state index contributed by atoms with van der Waals surface area (Å²) in [6.07, 6.45) is 3.07. The minimum absolute atomic E-state index is 0. The average molecular weight is 480 g/mol. The highest BCUT2D eigenvalue weighted by atomic mass is 35.5. The summed E-state index contributed by atoms with van der Waals surface area (Å²) in [6.45, 7) is 2.38. The van der Waals surface area contributed by atoms with Crippen LogP contribution < -0.4 is 5.32 Å². The molecule has 30 heavy (non-hydrogen) atoms. The van der Waals surface area contributed by atoms with Gasteiger partial charge in [0.15, 0.2) is 0 Å². The van der Waals surface area contributed by atoms with Crippen LogP contribution in [0.15, 0.2) is 72.9 Å². The van der Waals surface area contributed by atoms with Crippen molar-refractivity contribution in [1.29, 1.82) is 0 Å². The number of para-hydroxylation sites is 1. The van der Waals surface area contributed by atoms with Gasteiger partial charge < -0.3 is 9.88 Å². The lowest BCUT2D eigenvalue weighted by Gasteiger charge is -2.07. The second kappa shape index (κ2) is 10.6. The number of aromatic nitrogens is 1. The predicted octanol–water partition coefficient (Wildman–Crippen LogP) is 7.40. The van der Waals surface area contributed by atoms with E-state index in [4.69, 9.17) is 34.8 Å². The van der Waals surface area contributed by atoms with E-state index >= 15 is 0 Å². The molecule has 1 N–H and O–H groups in total. The second-order valence-corrected chi connectivity index (χ2v) is 8.30. The van der Waals surface area contributed by atoms with Crippen LogP contribution in [-0.4, -0.2) is 11.1 Å². The fourth-order valence-electron chi connectivity index (χ4n) is 3.58. The third-order valence-corrected chi connectivity index (χ3v) is 6.03. The van der Waals surface area contributed by atoms with Crippen molar-refractivity contribution in [3.05, 3.63) is 105 Å². The Morgan fingerprint density at radius 3 is 2.33 bits per heavy atom. The van der Waals surface area contributed by atoms with Gasteiger partial charge in [0.1, 0.15) is 0 Å². The second-order valence-electron chi connectivity index (χ2n) is 7.05. The Balaban J connectivity index is 0.00000256. The lowest BCUT2D eigenvalue weighted by Crippen LogP contribution is -2.16. The van der Waals surface area contributed by atoms with Gasteiger partial charge in [-0.1, -0.05) is 77.3 Å². The van der Waals surface area contributed by atoms with Gasteiger partial charge in [-0.2, -0.15) is 0 Å². The molecule has 0 aliphatic rings. The molecule has 156 valence electrons. The van der Waals surface area contributed by atoms with Crippen LogP contribution in [0.25, 0.3) is 10.9 Å². The Morgan fingerprint density at radius 2 is 1.53 bits per heavy atom. The molecule has 0 saturated heterocycles. The smallest absolute Gasteiger partial charge is 0.0491 e. The van der Waals surface area contributed by atoms with Crippen LogP contribution in [-0.2, 0) is 19.5 Å². The maximum Gasteiger partial charge on any atom is 0.0491 e. The zero-order valence-corrected chi connectivity index (χ0v) is 19.3. The fraction of sp³-hybridized carbons (Fsp3) is 0.167. The maximum absolute atomic E-state index is 6.37. The van der Waals surface area contributed by atoms with Gasteiger partial charge in [0, 0.05) is 45.3 Å². The topological polar surface area (TPSA) is 17.0 Å². The van der Waals surface area contributed by atoms with Gasteiger partial charge in [0.25, 0.3) is 0 Å². The van der Waals surface area contributed by atoms with Crippen molar-refractivity contribution in [3.8, 4) is 0 Å². The average Bonchev–Trinajstić information content (AvgIpc) is 3.06. The summed E-state index contributed by atoms with van der Waals surface area (Å²) in [7, 11) is 0. The molecule has 0 saturated carbocycles. The summed E-state index contributed by atoms with van der Waals surface area (Å²) in [5.74, 6) is 0. The summed E-state index contributed by atoms with van der Waals surface area (Å²) >= 11 is 18.6. The summed E-state index contributed by atoms with van der Waals surface area (Å²) in [5.41, 5.74) is 4.70. The molecule has 1 heterocycles. The summed E-state index contributed by atoms with van der Waals surface area (Å²) in [5, 5.41) is 6.98. The highest BCUT2D eigenvalue weighted by Gasteiger charge is 2.10. The van der Waals surface area contributed by atoms with E-state index in [1.165, 1.54) is 16.5 Å². The van der Waals surface area contributed by atoms with E-state index in [0.29, 0.717) is 5.02 Å². The lowest BCUT2D eigenvalue weighted by molar-refractivity contribution is 0.686. The Morgan fingerprint density at radius 1 is 0.767 bits per heavy atom. The van der Waals surface area contributed by atoms with Crippen LogP contribution >= 0.6 is 47.2 Å². The molecule has 6 heteroatoms. The van der Waals surface area contributed by atoms with Gasteiger partial charge in [-0.05, 0) is 53.9 Å². The Bertz CT molecular complexity index is 1140. The molecule has 4 aromatic rings. The zero-order valence-electron chi connectivity index (χ0n) is 16.2. The number of halogens is 4. The van der Waals surface area contributed by atoms with Gasteiger partial charge in [-0.3, -0.25) is 0 Å². The third-order valence-electron chi connectivity index (χ3n) is 5.07. The minimum Gasteiger partial charge on any atom is -0.343 e. The molecule has 1 aromatic heterocycles. The van der Waals surface area contributed by atoms with E-state index in [2.05, 4.69) is 46.4 Å². The van der Waals surface area contributed by atoms with E-state index in [-0.39, 0.29) is 12.4 Å². The molecule has 0 unspecified atom stereocenters. The molecular weight excluding hydrogens is 458 g/mol. The summed E-state index contributed by atoms with van der Waals surface area (Å²) in [4.78, 5) is 0. The van der Waals surface area contributed by atoms with Crippen molar-refractivity contribution in [1.82, 2.24) is 9.88 Å². The molecule has 4 rings (SSSR count). The van der Waals surface area contributed by atoms with Crippen molar-refractivity contribution in [2.75, 3.05) is 6.54 Å². The Labute approximate surface area is 198 Å². The lowest BCUT2D eigenvalue weighted by atomic mass is 10.1. The molecule has 0 aliphatic carbocycles. The highest BCUT2D eigenvalue weighted by Crippen LogP contribution is 2.25. The minimum atomic E-state index is 0. The third kappa shape index (κ3) is 5.32. The molecule has 0 fully saturated rings. The normalized spacial score (nSPS) is 10.9. The number of rotatable bonds is 7. The number of hydrogen-bond donors (Lipinski definition) is 1. The van der Waals surface area contributed by atoms with E-state index in [1.54, 1.807) is 6.07 Å². The molecule has 0 atom stereocenters. The van der Waals surface area contributed by atoms with Crippen molar-refractivity contribution in [2.45, 2.75) is 19.5 Å². The number of nitrogens with one attached hydrogen (secondary N) is 1. The van der Waals surface area contributed by atoms with Gasteiger partial charge in [-0.25, -0.2) is 0 Å². The van der Waals surface area contributed by atoms with Crippen molar-refractivity contribution in [3.63, 3.8) is 0 Å². The first-order valence-corrected chi connectivity index (χ1v) is 10.7. The molecule has 0 spiro atoms. The van der Waals surface area contributed by atoms with Crippen LogP contribution in [0.5, 0.6) is 0 Å². The molecule has 0 amide bonds. The first-order valence-electron chi connectivity index (χ1n) is 9.56. The van der Waals surface area contributed by atoms with E-state index in [0.717, 1.165) is 47.2 Å². The molecule has 2 nitrogen and oxygen atoms in total. The van der Waals surface area contributed by atoms with Gasteiger partial charge in [0.05, 0.1) is 0 Å². The maximum atomic E-state index is 6.37.